The van der Waals surface area contributed by atoms with Crippen LogP contribution in [0.25, 0.3) is 0 Å². The minimum absolute atomic E-state index is 0.733. The van der Waals surface area contributed by atoms with Gasteiger partial charge in [-0.2, -0.15) is 0 Å². The van der Waals surface area contributed by atoms with E-state index in [1.54, 1.807) is 14.2 Å². The maximum Gasteiger partial charge on any atom is 0.0589 e. The van der Waals surface area contributed by atoms with E-state index in [1.807, 2.05) is 0 Å². The molecule has 0 amide bonds. The summed E-state index contributed by atoms with van der Waals surface area (Å²) in [6, 6.07) is 0.733. The fourth-order valence-corrected chi connectivity index (χ4v) is 2.89. The smallest absolute Gasteiger partial charge is 0.0589 e. The van der Waals surface area contributed by atoms with Crippen LogP contribution in [0.4, 0.5) is 0 Å². The Balaban J connectivity index is 2.26. The van der Waals surface area contributed by atoms with Crippen molar-refractivity contribution >= 4 is 0 Å². The van der Waals surface area contributed by atoms with E-state index in [2.05, 4.69) is 17.3 Å². The number of hydrogen-bond acceptors (Lipinski definition) is 4. The van der Waals surface area contributed by atoms with E-state index in [4.69, 9.17) is 9.47 Å². The number of nitrogens with one attached hydrogen (secondary N) is 1. The Kier molecular flexibility index (Phi) is 8.59. The Morgan fingerprint density at radius 1 is 1.06 bits per heavy atom. The first kappa shape index (κ1) is 15.9. The standard InChI is InChI=1S/C14H30N2O2/c1-15-14-6-4-5-13(14)7-8-16(9-11-17-2)10-12-18-3/h13-15H,4-12H2,1-3H3. The lowest BCUT2D eigenvalue weighted by atomic mass is 9.99. The van der Waals surface area contributed by atoms with Crippen LogP contribution in [-0.4, -0.2) is 65.1 Å². The first-order valence-corrected chi connectivity index (χ1v) is 7.19. The van der Waals surface area contributed by atoms with E-state index in [9.17, 15) is 0 Å². The molecule has 0 bridgehead atoms. The molecule has 0 aromatic heterocycles. The van der Waals surface area contributed by atoms with Crippen LogP contribution in [0.2, 0.25) is 0 Å². The van der Waals surface area contributed by atoms with Crippen LogP contribution in [0.1, 0.15) is 25.7 Å². The molecule has 0 heterocycles. The summed E-state index contributed by atoms with van der Waals surface area (Å²) in [4.78, 5) is 2.46. The van der Waals surface area contributed by atoms with Crippen molar-refractivity contribution in [3.63, 3.8) is 0 Å². The fraction of sp³-hybridized carbons (Fsp3) is 1.00. The van der Waals surface area contributed by atoms with Gasteiger partial charge in [0.2, 0.25) is 0 Å². The molecule has 108 valence electrons. The van der Waals surface area contributed by atoms with Gasteiger partial charge in [0.25, 0.3) is 0 Å². The molecule has 2 unspecified atom stereocenters. The first-order chi connectivity index (χ1) is 8.81. The molecule has 0 aromatic rings. The summed E-state index contributed by atoms with van der Waals surface area (Å²) in [5.74, 6) is 0.850. The van der Waals surface area contributed by atoms with E-state index in [-0.39, 0.29) is 0 Å². The molecule has 0 spiro atoms. The maximum atomic E-state index is 5.17. The monoisotopic (exact) mass is 258 g/mol. The molecule has 2 atom stereocenters. The van der Waals surface area contributed by atoms with Crippen molar-refractivity contribution in [1.82, 2.24) is 10.2 Å². The summed E-state index contributed by atoms with van der Waals surface area (Å²) < 4.78 is 10.3. The summed E-state index contributed by atoms with van der Waals surface area (Å²) in [6.07, 6.45) is 5.40. The fourth-order valence-electron chi connectivity index (χ4n) is 2.89. The molecule has 1 N–H and O–H groups in total. The molecular weight excluding hydrogens is 228 g/mol. The second-order valence-electron chi connectivity index (χ2n) is 5.20. The lowest BCUT2D eigenvalue weighted by Gasteiger charge is -2.25. The summed E-state index contributed by atoms with van der Waals surface area (Å²) >= 11 is 0. The third-order valence-corrected chi connectivity index (χ3v) is 4.07. The zero-order valence-electron chi connectivity index (χ0n) is 12.3. The number of hydrogen-bond donors (Lipinski definition) is 1. The highest BCUT2D eigenvalue weighted by molar-refractivity contribution is 4.82. The predicted molar refractivity (Wildman–Crippen MR) is 75.0 cm³/mol. The van der Waals surface area contributed by atoms with E-state index in [1.165, 1.54) is 25.7 Å². The van der Waals surface area contributed by atoms with Gasteiger partial charge in [-0.05, 0) is 38.8 Å². The molecule has 1 saturated carbocycles. The molecule has 0 radical (unpaired) electrons. The normalized spacial score (nSPS) is 24.0. The molecule has 4 nitrogen and oxygen atoms in total. The van der Waals surface area contributed by atoms with Crippen LogP contribution in [0.3, 0.4) is 0 Å². The minimum Gasteiger partial charge on any atom is -0.383 e. The van der Waals surface area contributed by atoms with Crippen molar-refractivity contribution in [2.75, 3.05) is 54.1 Å². The Bertz CT molecular complexity index is 194. The highest BCUT2D eigenvalue weighted by atomic mass is 16.5. The van der Waals surface area contributed by atoms with Gasteiger partial charge in [0.15, 0.2) is 0 Å². The van der Waals surface area contributed by atoms with E-state index >= 15 is 0 Å². The van der Waals surface area contributed by atoms with Gasteiger partial charge in [-0.25, -0.2) is 0 Å². The molecule has 1 fully saturated rings. The summed E-state index contributed by atoms with van der Waals surface area (Å²) in [7, 11) is 5.63. The average molecular weight is 258 g/mol. The third-order valence-electron chi connectivity index (χ3n) is 4.07. The van der Waals surface area contributed by atoms with Gasteiger partial charge in [-0.3, -0.25) is 4.90 Å². The quantitative estimate of drug-likeness (QED) is 0.641. The summed E-state index contributed by atoms with van der Waals surface area (Å²) in [5, 5.41) is 3.46. The Hall–Kier alpha value is -0.160. The van der Waals surface area contributed by atoms with Gasteiger partial charge in [0, 0.05) is 33.4 Å². The highest BCUT2D eigenvalue weighted by Crippen LogP contribution is 2.28. The van der Waals surface area contributed by atoms with Crippen molar-refractivity contribution in [1.29, 1.82) is 0 Å². The second-order valence-corrected chi connectivity index (χ2v) is 5.20. The molecule has 4 heteroatoms. The van der Waals surface area contributed by atoms with Crippen LogP contribution >= 0.6 is 0 Å². The largest absolute Gasteiger partial charge is 0.383 e. The van der Waals surface area contributed by atoms with Crippen molar-refractivity contribution in [3.05, 3.63) is 0 Å². The number of ether oxygens (including phenoxy) is 2. The SMILES string of the molecule is CNC1CCCC1CCN(CCOC)CCOC. The van der Waals surface area contributed by atoms with Crippen molar-refractivity contribution in [2.24, 2.45) is 5.92 Å². The second kappa shape index (κ2) is 9.73. The number of rotatable bonds is 10. The molecule has 1 aliphatic carbocycles. The zero-order valence-corrected chi connectivity index (χ0v) is 12.3. The van der Waals surface area contributed by atoms with E-state index in [0.29, 0.717) is 0 Å². The Morgan fingerprint density at radius 3 is 2.28 bits per heavy atom. The molecule has 0 aliphatic heterocycles. The molecule has 0 aromatic carbocycles. The summed E-state index contributed by atoms with van der Waals surface area (Å²) in [5.41, 5.74) is 0. The highest BCUT2D eigenvalue weighted by Gasteiger charge is 2.25. The van der Waals surface area contributed by atoms with Gasteiger partial charge in [0.05, 0.1) is 13.2 Å². The van der Waals surface area contributed by atoms with Gasteiger partial charge >= 0.3 is 0 Å². The zero-order chi connectivity index (χ0) is 13.2. The van der Waals surface area contributed by atoms with Crippen molar-refractivity contribution in [2.45, 2.75) is 31.7 Å². The summed E-state index contributed by atoms with van der Waals surface area (Å²) in [6.45, 7) is 4.80. The molecular formula is C14H30N2O2. The minimum atomic E-state index is 0.733. The van der Waals surface area contributed by atoms with E-state index in [0.717, 1.165) is 44.8 Å². The predicted octanol–water partition coefficient (Wildman–Crippen LogP) is 1.36. The van der Waals surface area contributed by atoms with Crippen LogP contribution in [0, 0.1) is 5.92 Å². The van der Waals surface area contributed by atoms with E-state index < -0.39 is 0 Å². The topological polar surface area (TPSA) is 33.7 Å². The van der Waals surface area contributed by atoms with Crippen LogP contribution in [-0.2, 0) is 9.47 Å². The maximum absolute atomic E-state index is 5.17. The third kappa shape index (κ3) is 5.65. The van der Waals surface area contributed by atoms with Crippen LogP contribution in [0.15, 0.2) is 0 Å². The van der Waals surface area contributed by atoms with Gasteiger partial charge in [0.1, 0.15) is 0 Å². The van der Waals surface area contributed by atoms with Crippen LogP contribution in [0.5, 0.6) is 0 Å². The molecule has 1 aliphatic rings. The number of nitrogens with zero attached hydrogens (tertiary/aromatic N) is 1. The first-order valence-electron chi connectivity index (χ1n) is 7.19. The average Bonchev–Trinajstić information content (AvgIpc) is 2.85. The number of methoxy groups -OCH3 is 2. The van der Waals surface area contributed by atoms with Gasteiger partial charge in [-0.1, -0.05) is 6.42 Å². The molecule has 18 heavy (non-hydrogen) atoms. The molecule has 0 saturated heterocycles. The van der Waals surface area contributed by atoms with Gasteiger partial charge < -0.3 is 14.8 Å². The van der Waals surface area contributed by atoms with Crippen LogP contribution < -0.4 is 5.32 Å². The Labute approximate surface area is 112 Å². The van der Waals surface area contributed by atoms with Crippen molar-refractivity contribution < 1.29 is 9.47 Å². The lowest BCUT2D eigenvalue weighted by molar-refractivity contribution is 0.109. The Morgan fingerprint density at radius 2 is 1.72 bits per heavy atom. The van der Waals surface area contributed by atoms with Crippen molar-refractivity contribution in [3.8, 4) is 0 Å². The molecule has 1 rings (SSSR count). The van der Waals surface area contributed by atoms with Gasteiger partial charge in [-0.15, -0.1) is 0 Å². The lowest BCUT2D eigenvalue weighted by Crippen LogP contribution is -2.35.